The molecule has 1 aromatic rings. The Kier molecular flexibility index (Phi) is 2.93. The maximum Gasteiger partial charge on any atom is 0.120 e. The Bertz CT molecular complexity index is 390. The molecule has 0 bridgehead atoms. The SMILES string of the molecule is COc1cccc(N2CCC(NC3CC3)C2)c1. The maximum absolute atomic E-state index is 5.27. The second kappa shape index (κ2) is 4.57. The van der Waals surface area contributed by atoms with Crippen LogP contribution >= 0.6 is 0 Å². The van der Waals surface area contributed by atoms with E-state index in [1.54, 1.807) is 7.11 Å². The number of benzene rings is 1. The highest BCUT2D eigenvalue weighted by Gasteiger charge is 2.29. The molecule has 1 aliphatic heterocycles. The van der Waals surface area contributed by atoms with Crippen molar-refractivity contribution in [3.05, 3.63) is 24.3 Å². The summed E-state index contributed by atoms with van der Waals surface area (Å²) >= 11 is 0. The summed E-state index contributed by atoms with van der Waals surface area (Å²) in [5, 5.41) is 3.71. The number of ether oxygens (including phenoxy) is 1. The third-order valence-corrected chi connectivity index (χ3v) is 3.66. The van der Waals surface area contributed by atoms with Crippen molar-refractivity contribution in [2.45, 2.75) is 31.3 Å². The molecule has 0 amide bonds. The van der Waals surface area contributed by atoms with Gasteiger partial charge in [0.1, 0.15) is 5.75 Å². The molecule has 3 nitrogen and oxygen atoms in total. The molecule has 0 aromatic heterocycles. The zero-order chi connectivity index (χ0) is 11.7. The van der Waals surface area contributed by atoms with E-state index in [-0.39, 0.29) is 0 Å². The van der Waals surface area contributed by atoms with Crippen molar-refractivity contribution in [1.29, 1.82) is 0 Å². The molecule has 17 heavy (non-hydrogen) atoms. The number of nitrogens with one attached hydrogen (secondary N) is 1. The van der Waals surface area contributed by atoms with Crippen LogP contribution in [0.25, 0.3) is 0 Å². The van der Waals surface area contributed by atoms with Gasteiger partial charge < -0.3 is 15.0 Å². The lowest BCUT2D eigenvalue weighted by atomic mass is 10.2. The van der Waals surface area contributed by atoms with Gasteiger partial charge in [-0.3, -0.25) is 0 Å². The van der Waals surface area contributed by atoms with Gasteiger partial charge in [0.25, 0.3) is 0 Å². The molecular formula is C14H20N2O. The van der Waals surface area contributed by atoms with Crippen LogP contribution in [0.5, 0.6) is 5.75 Å². The van der Waals surface area contributed by atoms with Crippen molar-refractivity contribution >= 4 is 5.69 Å². The van der Waals surface area contributed by atoms with Crippen LogP contribution in [-0.4, -0.2) is 32.3 Å². The topological polar surface area (TPSA) is 24.5 Å². The van der Waals surface area contributed by atoms with Crippen molar-refractivity contribution in [1.82, 2.24) is 5.32 Å². The van der Waals surface area contributed by atoms with Gasteiger partial charge in [-0.1, -0.05) is 6.07 Å². The molecule has 2 aliphatic rings. The lowest BCUT2D eigenvalue weighted by Gasteiger charge is -2.19. The van der Waals surface area contributed by atoms with Gasteiger partial charge >= 0.3 is 0 Å². The first kappa shape index (κ1) is 10.9. The second-order valence-electron chi connectivity index (χ2n) is 5.07. The lowest BCUT2D eigenvalue weighted by Crippen LogP contribution is -2.33. The minimum atomic E-state index is 0.675. The Morgan fingerprint density at radius 1 is 1.24 bits per heavy atom. The smallest absolute Gasteiger partial charge is 0.120 e. The first-order valence-corrected chi connectivity index (χ1v) is 6.50. The highest BCUT2D eigenvalue weighted by molar-refractivity contribution is 5.51. The molecule has 1 aromatic carbocycles. The normalized spacial score (nSPS) is 24.1. The van der Waals surface area contributed by atoms with E-state index in [1.165, 1.54) is 24.9 Å². The molecule has 1 aliphatic carbocycles. The van der Waals surface area contributed by atoms with Crippen LogP contribution in [0, 0.1) is 0 Å². The van der Waals surface area contributed by atoms with Crippen LogP contribution in [0.15, 0.2) is 24.3 Å². The summed E-state index contributed by atoms with van der Waals surface area (Å²) in [6, 6.07) is 9.84. The highest BCUT2D eigenvalue weighted by Crippen LogP contribution is 2.26. The van der Waals surface area contributed by atoms with Gasteiger partial charge in [0, 0.05) is 36.9 Å². The summed E-state index contributed by atoms with van der Waals surface area (Å²) < 4.78 is 5.27. The number of anilines is 1. The molecule has 0 spiro atoms. The van der Waals surface area contributed by atoms with E-state index < -0.39 is 0 Å². The predicted molar refractivity (Wildman–Crippen MR) is 69.8 cm³/mol. The van der Waals surface area contributed by atoms with E-state index in [0.717, 1.165) is 24.9 Å². The van der Waals surface area contributed by atoms with E-state index in [2.05, 4.69) is 28.4 Å². The molecule has 2 fully saturated rings. The van der Waals surface area contributed by atoms with Crippen molar-refractivity contribution < 1.29 is 4.74 Å². The van der Waals surface area contributed by atoms with E-state index in [1.807, 2.05) is 6.07 Å². The van der Waals surface area contributed by atoms with Crippen LogP contribution in [0.3, 0.4) is 0 Å². The Balaban J connectivity index is 1.63. The second-order valence-corrected chi connectivity index (χ2v) is 5.07. The van der Waals surface area contributed by atoms with Crippen LogP contribution in [-0.2, 0) is 0 Å². The van der Waals surface area contributed by atoms with Gasteiger partial charge in [-0.05, 0) is 31.4 Å². The standard InChI is InChI=1S/C14H20N2O/c1-17-14-4-2-3-13(9-14)16-8-7-12(10-16)15-11-5-6-11/h2-4,9,11-12,15H,5-8,10H2,1H3. The minimum absolute atomic E-state index is 0.675. The van der Waals surface area contributed by atoms with Gasteiger partial charge in [-0.25, -0.2) is 0 Å². The zero-order valence-electron chi connectivity index (χ0n) is 10.4. The van der Waals surface area contributed by atoms with Gasteiger partial charge in [0.05, 0.1) is 7.11 Å². The van der Waals surface area contributed by atoms with Crippen LogP contribution < -0.4 is 15.0 Å². The zero-order valence-corrected chi connectivity index (χ0v) is 10.4. The third kappa shape index (κ3) is 2.55. The fourth-order valence-electron chi connectivity index (χ4n) is 2.52. The van der Waals surface area contributed by atoms with Gasteiger partial charge in [-0.15, -0.1) is 0 Å². The van der Waals surface area contributed by atoms with E-state index in [0.29, 0.717) is 6.04 Å². The van der Waals surface area contributed by atoms with E-state index in [4.69, 9.17) is 4.74 Å². The molecule has 3 heteroatoms. The van der Waals surface area contributed by atoms with E-state index in [9.17, 15) is 0 Å². The maximum atomic E-state index is 5.27. The predicted octanol–water partition coefficient (Wildman–Crippen LogP) is 2.03. The van der Waals surface area contributed by atoms with Crippen molar-refractivity contribution in [3.8, 4) is 5.75 Å². The number of rotatable bonds is 4. The summed E-state index contributed by atoms with van der Waals surface area (Å²) in [6.45, 7) is 2.28. The fraction of sp³-hybridized carbons (Fsp3) is 0.571. The molecule has 92 valence electrons. The fourth-order valence-corrected chi connectivity index (χ4v) is 2.52. The van der Waals surface area contributed by atoms with Gasteiger partial charge in [0.15, 0.2) is 0 Å². The Labute approximate surface area is 103 Å². The largest absolute Gasteiger partial charge is 0.497 e. The van der Waals surface area contributed by atoms with Gasteiger partial charge in [-0.2, -0.15) is 0 Å². The number of hydrogen-bond acceptors (Lipinski definition) is 3. The minimum Gasteiger partial charge on any atom is -0.497 e. The summed E-state index contributed by atoms with van der Waals surface area (Å²) in [6.07, 6.45) is 4.00. The summed E-state index contributed by atoms with van der Waals surface area (Å²) in [7, 11) is 1.72. The first-order chi connectivity index (χ1) is 8.35. The quantitative estimate of drug-likeness (QED) is 0.859. The van der Waals surface area contributed by atoms with Gasteiger partial charge in [0.2, 0.25) is 0 Å². The average molecular weight is 232 g/mol. The average Bonchev–Trinajstić information content (AvgIpc) is 3.05. The number of methoxy groups -OCH3 is 1. The van der Waals surface area contributed by atoms with Crippen molar-refractivity contribution in [2.24, 2.45) is 0 Å². The lowest BCUT2D eigenvalue weighted by molar-refractivity contribution is 0.415. The van der Waals surface area contributed by atoms with Crippen LogP contribution in [0.4, 0.5) is 5.69 Å². The molecule has 1 saturated heterocycles. The molecule has 3 rings (SSSR count). The molecular weight excluding hydrogens is 212 g/mol. The third-order valence-electron chi connectivity index (χ3n) is 3.66. The highest BCUT2D eigenvalue weighted by atomic mass is 16.5. The number of nitrogens with zero attached hydrogens (tertiary/aromatic N) is 1. The summed E-state index contributed by atoms with van der Waals surface area (Å²) in [4.78, 5) is 2.45. The first-order valence-electron chi connectivity index (χ1n) is 6.50. The molecule has 1 saturated carbocycles. The molecule has 1 heterocycles. The van der Waals surface area contributed by atoms with Crippen molar-refractivity contribution in [3.63, 3.8) is 0 Å². The molecule has 1 N–H and O–H groups in total. The Hall–Kier alpha value is -1.22. The molecule has 1 atom stereocenters. The number of hydrogen-bond donors (Lipinski definition) is 1. The molecule has 1 unspecified atom stereocenters. The Morgan fingerprint density at radius 2 is 2.12 bits per heavy atom. The Morgan fingerprint density at radius 3 is 2.88 bits per heavy atom. The van der Waals surface area contributed by atoms with Crippen molar-refractivity contribution in [2.75, 3.05) is 25.1 Å². The van der Waals surface area contributed by atoms with Crippen LogP contribution in [0.2, 0.25) is 0 Å². The monoisotopic (exact) mass is 232 g/mol. The molecule has 0 radical (unpaired) electrons. The summed E-state index contributed by atoms with van der Waals surface area (Å²) in [5.41, 5.74) is 1.28. The summed E-state index contributed by atoms with van der Waals surface area (Å²) in [5.74, 6) is 0.945. The van der Waals surface area contributed by atoms with E-state index >= 15 is 0 Å². The van der Waals surface area contributed by atoms with Crippen LogP contribution in [0.1, 0.15) is 19.3 Å².